The summed E-state index contributed by atoms with van der Waals surface area (Å²) >= 11 is 0. The topological polar surface area (TPSA) is 58.7 Å². The SMILES string of the molecule is CCCOc1cc(N(CCO)C2CCCC2)c(N)cc1F. The lowest BCUT2D eigenvalue weighted by molar-refractivity contribution is 0.295. The van der Waals surface area contributed by atoms with Crippen LogP contribution in [0.4, 0.5) is 15.8 Å². The molecule has 1 aliphatic rings. The zero-order valence-corrected chi connectivity index (χ0v) is 12.6. The second kappa shape index (κ2) is 7.50. The van der Waals surface area contributed by atoms with Crippen molar-refractivity contribution >= 4 is 11.4 Å². The largest absolute Gasteiger partial charge is 0.490 e. The first-order valence-electron chi connectivity index (χ1n) is 7.76. The third-order valence-electron chi connectivity index (χ3n) is 3.96. The number of nitrogens with two attached hydrogens (primary N) is 1. The Kier molecular flexibility index (Phi) is 5.67. The number of halogens is 1. The van der Waals surface area contributed by atoms with Crippen LogP contribution in [0.15, 0.2) is 12.1 Å². The third kappa shape index (κ3) is 3.79. The van der Waals surface area contributed by atoms with Crippen molar-refractivity contribution in [3.63, 3.8) is 0 Å². The van der Waals surface area contributed by atoms with Gasteiger partial charge < -0.3 is 20.5 Å². The molecular weight excluding hydrogens is 271 g/mol. The molecule has 0 unspecified atom stereocenters. The highest BCUT2D eigenvalue weighted by Crippen LogP contribution is 2.35. The first-order valence-corrected chi connectivity index (χ1v) is 7.76. The molecule has 2 rings (SSSR count). The van der Waals surface area contributed by atoms with E-state index in [1.807, 2.05) is 6.92 Å². The van der Waals surface area contributed by atoms with E-state index in [0.717, 1.165) is 24.9 Å². The molecule has 0 amide bonds. The second-order valence-corrected chi connectivity index (χ2v) is 5.55. The summed E-state index contributed by atoms with van der Waals surface area (Å²) < 4.78 is 19.4. The third-order valence-corrected chi connectivity index (χ3v) is 3.96. The van der Waals surface area contributed by atoms with Gasteiger partial charge in [0.15, 0.2) is 11.6 Å². The molecule has 5 heteroatoms. The summed E-state index contributed by atoms with van der Waals surface area (Å²) in [6.07, 6.45) is 5.37. The zero-order valence-electron chi connectivity index (χ0n) is 12.6. The summed E-state index contributed by atoms with van der Waals surface area (Å²) in [5.74, 6) is -0.193. The molecule has 0 saturated heterocycles. The Morgan fingerprint density at radius 3 is 2.71 bits per heavy atom. The summed E-state index contributed by atoms with van der Waals surface area (Å²) in [5, 5.41) is 9.33. The molecule has 0 atom stereocenters. The monoisotopic (exact) mass is 296 g/mol. The minimum atomic E-state index is -0.430. The Hall–Kier alpha value is -1.49. The molecular formula is C16H25FN2O2. The van der Waals surface area contributed by atoms with Crippen molar-refractivity contribution in [1.82, 2.24) is 0 Å². The Morgan fingerprint density at radius 2 is 2.10 bits per heavy atom. The number of ether oxygens (including phenoxy) is 1. The van der Waals surface area contributed by atoms with E-state index in [2.05, 4.69) is 4.90 Å². The molecule has 1 aromatic rings. The van der Waals surface area contributed by atoms with Gasteiger partial charge in [-0.2, -0.15) is 0 Å². The standard InChI is InChI=1S/C16H25FN2O2/c1-2-9-21-16-11-15(14(18)10-13(16)17)19(7-8-20)12-5-3-4-6-12/h10-12,20H,2-9,18H2,1H3. The Morgan fingerprint density at radius 1 is 1.38 bits per heavy atom. The molecule has 0 aromatic heterocycles. The zero-order chi connectivity index (χ0) is 15.2. The molecule has 0 heterocycles. The molecule has 1 aromatic carbocycles. The number of aliphatic hydroxyl groups is 1. The van der Waals surface area contributed by atoms with Crippen molar-refractivity contribution in [2.75, 3.05) is 30.4 Å². The van der Waals surface area contributed by atoms with Crippen LogP contribution in [0, 0.1) is 5.82 Å². The molecule has 0 bridgehead atoms. The van der Waals surface area contributed by atoms with E-state index in [4.69, 9.17) is 10.5 Å². The van der Waals surface area contributed by atoms with Crippen molar-refractivity contribution in [3.05, 3.63) is 17.9 Å². The minimum absolute atomic E-state index is 0.0540. The minimum Gasteiger partial charge on any atom is -0.490 e. The molecule has 4 nitrogen and oxygen atoms in total. The average Bonchev–Trinajstić information content (AvgIpc) is 2.98. The summed E-state index contributed by atoms with van der Waals surface area (Å²) in [7, 11) is 0. The van der Waals surface area contributed by atoms with Crippen molar-refractivity contribution < 1.29 is 14.2 Å². The van der Waals surface area contributed by atoms with Crippen LogP contribution in [0.3, 0.4) is 0 Å². The van der Waals surface area contributed by atoms with Crippen LogP contribution in [0.5, 0.6) is 5.75 Å². The smallest absolute Gasteiger partial charge is 0.167 e. The highest BCUT2D eigenvalue weighted by Gasteiger charge is 2.25. The normalized spacial score (nSPS) is 15.4. The maximum atomic E-state index is 13.9. The van der Waals surface area contributed by atoms with Crippen LogP contribution < -0.4 is 15.4 Å². The summed E-state index contributed by atoms with van der Waals surface area (Å²) in [4.78, 5) is 2.10. The summed E-state index contributed by atoms with van der Waals surface area (Å²) in [6, 6.07) is 3.36. The van der Waals surface area contributed by atoms with Crippen molar-refractivity contribution in [2.45, 2.75) is 45.1 Å². The van der Waals surface area contributed by atoms with Gasteiger partial charge in [-0.3, -0.25) is 0 Å². The molecule has 21 heavy (non-hydrogen) atoms. The van der Waals surface area contributed by atoms with Crippen LogP contribution in [0.2, 0.25) is 0 Å². The average molecular weight is 296 g/mol. The first-order chi connectivity index (χ1) is 10.2. The highest BCUT2D eigenvalue weighted by molar-refractivity contribution is 5.70. The first kappa shape index (κ1) is 15.9. The maximum absolute atomic E-state index is 13.9. The fourth-order valence-corrected chi connectivity index (χ4v) is 2.95. The van der Waals surface area contributed by atoms with E-state index in [1.54, 1.807) is 6.07 Å². The van der Waals surface area contributed by atoms with E-state index < -0.39 is 5.82 Å². The Labute approximate surface area is 125 Å². The molecule has 0 spiro atoms. The lowest BCUT2D eigenvalue weighted by Gasteiger charge is -2.32. The van der Waals surface area contributed by atoms with Crippen molar-refractivity contribution in [3.8, 4) is 5.75 Å². The van der Waals surface area contributed by atoms with E-state index >= 15 is 0 Å². The van der Waals surface area contributed by atoms with Crippen LogP contribution in [0.25, 0.3) is 0 Å². The van der Waals surface area contributed by atoms with Crippen LogP contribution >= 0.6 is 0 Å². The number of anilines is 2. The number of benzene rings is 1. The van der Waals surface area contributed by atoms with Gasteiger partial charge >= 0.3 is 0 Å². The van der Waals surface area contributed by atoms with Crippen LogP contribution in [-0.2, 0) is 0 Å². The number of nitrogen functional groups attached to an aromatic ring is 1. The molecule has 0 aliphatic heterocycles. The van der Waals surface area contributed by atoms with Gasteiger partial charge in [-0.1, -0.05) is 19.8 Å². The molecule has 1 aliphatic carbocycles. The number of aliphatic hydroxyl groups excluding tert-OH is 1. The van der Waals surface area contributed by atoms with Crippen molar-refractivity contribution in [2.24, 2.45) is 0 Å². The fraction of sp³-hybridized carbons (Fsp3) is 0.625. The number of hydrogen-bond donors (Lipinski definition) is 2. The van der Waals surface area contributed by atoms with Gasteiger partial charge in [-0.05, 0) is 19.3 Å². The molecule has 3 N–H and O–H groups in total. The highest BCUT2D eigenvalue weighted by atomic mass is 19.1. The van der Waals surface area contributed by atoms with Gasteiger partial charge in [0.1, 0.15) is 0 Å². The number of rotatable bonds is 7. The van der Waals surface area contributed by atoms with E-state index in [0.29, 0.717) is 24.9 Å². The molecule has 1 fully saturated rings. The lowest BCUT2D eigenvalue weighted by Crippen LogP contribution is -2.36. The van der Waals surface area contributed by atoms with Gasteiger partial charge in [-0.15, -0.1) is 0 Å². The molecule has 118 valence electrons. The Bertz CT molecular complexity index is 462. The fourth-order valence-electron chi connectivity index (χ4n) is 2.95. The second-order valence-electron chi connectivity index (χ2n) is 5.55. The maximum Gasteiger partial charge on any atom is 0.167 e. The van der Waals surface area contributed by atoms with E-state index in [-0.39, 0.29) is 12.4 Å². The predicted molar refractivity (Wildman–Crippen MR) is 83.3 cm³/mol. The quantitative estimate of drug-likeness (QED) is 0.760. The van der Waals surface area contributed by atoms with Gasteiger partial charge in [0.05, 0.1) is 24.6 Å². The number of hydrogen-bond acceptors (Lipinski definition) is 4. The van der Waals surface area contributed by atoms with Gasteiger partial charge in [0.2, 0.25) is 0 Å². The summed E-state index contributed by atoms with van der Waals surface area (Å²) in [5.41, 5.74) is 7.17. The lowest BCUT2D eigenvalue weighted by atomic mass is 10.1. The summed E-state index contributed by atoms with van der Waals surface area (Å²) in [6.45, 7) is 3.02. The van der Waals surface area contributed by atoms with Crippen molar-refractivity contribution in [1.29, 1.82) is 0 Å². The van der Waals surface area contributed by atoms with E-state index in [9.17, 15) is 9.50 Å². The molecule has 1 saturated carbocycles. The predicted octanol–water partition coefficient (Wildman–Crippen LogP) is 2.94. The van der Waals surface area contributed by atoms with Crippen LogP contribution in [-0.4, -0.2) is 30.9 Å². The number of nitrogens with zero attached hydrogens (tertiary/aromatic N) is 1. The van der Waals surface area contributed by atoms with E-state index in [1.165, 1.54) is 18.9 Å². The van der Waals surface area contributed by atoms with Crippen LogP contribution in [0.1, 0.15) is 39.0 Å². The Balaban J connectivity index is 2.29. The van der Waals surface area contributed by atoms with Gasteiger partial charge in [0, 0.05) is 24.7 Å². The van der Waals surface area contributed by atoms with Gasteiger partial charge in [-0.25, -0.2) is 4.39 Å². The van der Waals surface area contributed by atoms with Gasteiger partial charge in [0.25, 0.3) is 0 Å². The molecule has 0 radical (unpaired) electrons.